The van der Waals surface area contributed by atoms with E-state index in [1.807, 2.05) is 0 Å². The average Bonchev–Trinajstić information content (AvgIpc) is 2.75. The van der Waals surface area contributed by atoms with Gasteiger partial charge in [-0.25, -0.2) is 9.18 Å². The second-order valence-electron chi connectivity index (χ2n) is 6.03. The van der Waals surface area contributed by atoms with E-state index in [9.17, 15) is 9.18 Å². The van der Waals surface area contributed by atoms with Crippen LogP contribution in [0.2, 0.25) is 0 Å². The zero-order valence-electron chi connectivity index (χ0n) is 12.6. The highest BCUT2D eigenvalue weighted by atomic mass is 19.1. The molecule has 0 radical (unpaired) electrons. The van der Waals surface area contributed by atoms with Crippen molar-refractivity contribution in [3.63, 3.8) is 0 Å². The highest BCUT2D eigenvalue weighted by Gasteiger charge is 2.19. The lowest BCUT2D eigenvalue weighted by Crippen LogP contribution is -2.33. The van der Waals surface area contributed by atoms with Gasteiger partial charge in [0.25, 0.3) is 0 Å². The summed E-state index contributed by atoms with van der Waals surface area (Å²) >= 11 is 0. The molecular formula is C17H24FNO2. The molecule has 1 aromatic rings. The summed E-state index contributed by atoms with van der Waals surface area (Å²) in [5, 5.41) is 12.3. The molecular weight excluding hydrogens is 269 g/mol. The molecule has 4 heteroatoms. The smallest absolute Gasteiger partial charge is 0.335 e. The molecule has 3 nitrogen and oxygen atoms in total. The van der Waals surface area contributed by atoms with Gasteiger partial charge in [0.05, 0.1) is 5.56 Å². The number of aromatic carboxylic acids is 1. The Kier molecular flexibility index (Phi) is 5.74. The highest BCUT2D eigenvalue weighted by molar-refractivity contribution is 5.87. The number of carbonyl (C=O) groups is 1. The summed E-state index contributed by atoms with van der Waals surface area (Å²) in [6, 6.07) is 4.29. The fourth-order valence-corrected chi connectivity index (χ4v) is 3.09. The van der Waals surface area contributed by atoms with Gasteiger partial charge in [-0.1, -0.05) is 25.7 Å². The summed E-state index contributed by atoms with van der Waals surface area (Å²) in [6.07, 6.45) is 7.65. The van der Waals surface area contributed by atoms with Gasteiger partial charge >= 0.3 is 5.97 Å². The van der Waals surface area contributed by atoms with Crippen LogP contribution in [-0.4, -0.2) is 17.1 Å². The lowest BCUT2D eigenvalue weighted by Gasteiger charge is -2.24. The predicted molar refractivity (Wildman–Crippen MR) is 80.9 cm³/mol. The molecule has 0 aromatic heterocycles. The first-order valence-electron chi connectivity index (χ1n) is 7.83. The zero-order chi connectivity index (χ0) is 15.2. The van der Waals surface area contributed by atoms with Crippen molar-refractivity contribution in [1.29, 1.82) is 0 Å². The van der Waals surface area contributed by atoms with Crippen molar-refractivity contribution in [2.24, 2.45) is 5.92 Å². The van der Waals surface area contributed by atoms with E-state index in [1.165, 1.54) is 56.7 Å². The van der Waals surface area contributed by atoms with Crippen molar-refractivity contribution in [3.8, 4) is 0 Å². The van der Waals surface area contributed by atoms with Crippen molar-refractivity contribution in [3.05, 3.63) is 35.1 Å². The Labute approximate surface area is 125 Å². The molecule has 21 heavy (non-hydrogen) atoms. The lowest BCUT2D eigenvalue weighted by molar-refractivity contribution is 0.0696. The Morgan fingerprint density at radius 2 is 2.00 bits per heavy atom. The largest absolute Gasteiger partial charge is 0.478 e. The minimum Gasteiger partial charge on any atom is -0.478 e. The summed E-state index contributed by atoms with van der Waals surface area (Å²) in [4.78, 5) is 10.9. The topological polar surface area (TPSA) is 49.3 Å². The molecule has 2 N–H and O–H groups in total. The molecule has 1 aliphatic rings. The Bertz CT molecular complexity index is 482. The van der Waals surface area contributed by atoms with Crippen LogP contribution in [0.3, 0.4) is 0 Å². The van der Waals surface area contributed by atoms with E-state index in [4.69, 9.17) is 5.11 Å². The van der Waals surface area contributed by atoms with E-state index in [2.05, 4.69) is 12.2 Å². The third-order valence-electron chi connectivity index (χ3n) is 4.51. The number of rotatable bonds is 5. The van der Waals surface area contributed by atoms with Crippen LogP contribution >= 0.6 is 0 Å². The fraction of sp³-hybridized carbons (Fsp3) is 0.588. The third kappa shape index (κ3) is 4.53. The molecule has 1 aromatic carbocycles. The number of hydrogen-bond donors (Lipinski definition) is 2. The number of benzene rings is 1. The van der Waals surface area contributed by atoms with Crippen molar-refractivity contribution in [1.82, 2.24) is 5.32 Å². The molecule has 2 rings (SSSR count). The van der Waals surface area contributed by atoms with Crippen molar-refractivity contribution < 1.29 is 14.3 Å². The van der Waals surface area contributed by atoms with Crippen LogP contribution < -0.4 is 5.32 Å². The number of carboxylic acid groups (broad SMARTS) is 1. The molecule has 116 valence electrons. The summed E-state index contributed by atoms with van der Waals surface area (Å²) in [6.45, 7) is 2.53. The molecule has 1 fully saturated rings. The molecule has 1 saturated carbocycles. The van der Waals surface area contributed by atoms with Crippen LogP contribution in [0.1, 0.15) is 61.4 Å². The van der Waals surface area contributed by atoms with E-state index in [0.717, 1.165) is 0 Å². The SMILES string of the molecule is C[C@H](NCc1cc(C(=O)O)ccc1F)C1CCCCCC1. The van der Waals surface area contributed by atoms with Crippen LogP contribution in [0, 0.1) is 11.7 Å². The predicted octanol–water partition coefficient (Wildman–Crippen LogP) is 3.97. The maximum absolute atomic E-state index is 13.8. The first-order valence-corrected chi connectivity index (χ1v) is 7.83. The Morgan fingerprint density at radius 1 is 1.33 bits per heavy atom. The molecule has 0 aliphatic heterocycles. The number of nitrogens with one attached hydrogen (secondary N) is 1. The second-order valence-corrected chi connectivity index (χ2v) is 6.03. The fourth-order valence-electron chi connectivity index (χ4n) is 3.09. The molecule has 1 atom stereocenters. The molecule has 0 heterocycles. The highest BCUT2D eigenvalue weighted by Crippen LogP contribution is 2.25. The second kappa shape index (κ2) is 7.55. The monoisotopic (exact) mass is 293 g/mol. The maximum atomic E-state index is 13.8. The Morgan fingerprint density at radius 3 is 2.62 bits per heavy atom. The number of carboxylic acids is 1. The molecule has 0 spiro atoms. The molecule has 0 amide bonds. The molecule has 0 saturated heterocycles. The van der Waals surface area contributed by atoms with Gasteiger partial charge in [0.1, 0.15) is 5.82 Å². The first-order chi connectivity index (χ1) is 10.1. The standard InChI is InChI=1S/C17H24FNO2/c1-12(13-6-4-2-3-5-7-13)19-11-15-10-14(17(20)21)8-9-16(15)18/h8-10,12-13,19H,2-7,11H2,1H3,(H,20,21)/t12-/m0/s1. The van der Waals surface area contributed by atoms with Gasteiger partial charge in [-0.15, -0.1) is 0 Å². The van der Waals surface area contributed by atoms with Crippen LogP contribution in [0.15, 0.2) is 18.2 Å². The van der Waals surface area contributed by atoms with Gasteiger partial charge in [0.15, 0.2) is 0 Å². The zero-order valence-corrected chi connectivity index (χ0v) is 12.6. The lowest BCUT2D eigenvalue weighted by atomic mass is 9.93. The van der Waals surface area contributed by atoms with Crippen molar-refractivity contribution >= 4 is 5.97 Å². The van der Waals surface area contributed by atoms with Gasteiger partial charge in [-0.3, -0.25) is 0 Å². The number of halogens is 1. The molecule has 1 aliphatic carbocycles. The third-order valence-corrected chi connectivity index (χ3v) is 4.51. The summed E-state index contributed by atoms with van der Waals surface area (Å²) in [5.41, 5.74) is 0.561. The van der Waals surface area contributed by atoms with E-state index < -0.39 is 5.97 Å². The van der Waals surface area contributed by atoms with Crippen LogP contribution in [-0.2, 0) is 6.54 Å². The van der Waals surface area contributed by atoms with Gasteiger partial charge in [-0.05, 0) is 43.9 Å². The normalized spacial score (nSPS) is 18.2. The van der Waals surface area contributed by atoms with E-state index in [1.54, 1.807) is 0 Å². The van der Waals surface area contributed by atoms with Crippen LogP contribution in [0.25, 0.3) is 0 Å². The summed E-state index contributed by atoms with van der Waals surface area (Å²) in [7, 11) is 0. The summed E-state index contributed by atoms with van der Waals surface area (Å²) < 4.78 is 13.8. The molecule has 0 unspecified atom stereocenters. The maximum Gasteiger partial charge on any atom is 0.335 e. The first kappa shape index (κ1) is 16.0. The van der Waals surface area contributed by atoms with Crippen molar-refractivity contribution in [2.75, 3.05) is 0 Å². The van der Waals surface area contributed by atoms with Crippen LogP contribution in [0.4, 0.5) is 4.39 Å². The minimum atomic E-state index is -1.02. The van der Waals surface area contributed by atoms with Gasteiger partial charge in [0, 0.05) is 18.2 Å². The van der Waals surface area contributed by atoms with Crippen LogP contribution in [0.5, 0.6) is 0 Å². The van der Waals surface area contributed by atoms with Gasteiger partial charge in [-0.2, -0.15) is 0 Å². The van der Waals surface area contributed by atoms with Gasteiger partial charge in [0.2, 0.25) is 0 Å². The number of hydrogen-bond acceptors (Lipinski definition) is 2. The summed E-state index contributed by atoms with van der Waals surface area (Å²) in [5.74, 6) is -0.730. The Hall–Kier alpha value is -1.42. The van der Waals surface area contributed by atoms with Gasteiger partial charge < -0.3 is 10.4 Å². The van der Waals surface area contributed by atoms with E-state index >= 15 is 0 Å². The van der Waals surface area contributed by atoms with E-state index in [0.29, 0.717) is 24.1 Å². The quantitative estimate of drug-likeness (QED) is 0.808. The molecule has 0 bridgehead atoms. The van der Waals surface area contributed by atoms with E-state index in [-0.39, 0.29) is 11.4 Å². The minimum absolute atomic E-state index is 0.135. The Balaban J connectivity index is 1.95. The average molecular weight is 293 g/mol. The van der Waals surface area contributed by atoms with Crippen molar-refractivity contribution in [2.45, 2.75) is 58.0 Å².